The normalized spacial score (nSPS) is 14.8. The lowest BCUT2D eigenvalue weighted by Gasteiger charge is -2.21. The van der Waals surface area contributed by atoms with E-state index in [1.54, 1.807) is 0 Å². The molecule has 0 heterocycles. The molecule has 3 N–H and O–H groups in total. The molecule has 0 amide bonds. The SMILES string of the molecule is OCC(Nc1ccccc1)C(O)CCl. The first-order valence-corrected chi connectivity index (χ1v) is 4.98. The predicted octanol–water partition coefficient (Wildman–Crippen LogP) is 1.06. The van der Waals surface area contributed by atoms with Gasteiger partial charge in [-0.1, -0.05) is 18.2 Å². The highest BCUT2D eigenvalue weighted by atomic mass is 35.5. The number of para-hydroxylation sites is 1. The second kappa shape index (κ2) is 5.86. The van der Waals surface area contributed by atoms with Crippen LogP contribution in [0.2, 0.25) is 0 Å². The van der Waals surface area contributed by atoms with Crippen LogP contribution in [0.3, 0.4) is 0 Å². The van der Waals surface area contributed by atoms with Crippen LogP contribution < -0.4 is 5.32 Å². The number of alkyl halides is 1. The molecule has 0 aromatic heterocycles. The number of benzene rings is 1. The molecular weight excluding hydrogens is 202 g/mol. The molecule has 1 aromatic rings. The van der Waals surface area contributed by atoms with Crippen LogP contribution in [0.15, 0.2) is 30.3 Å². The summed E-state index contributed by atoms with van der Waals surface area (Å²) >= 11 is 5.49. The monoisotopic (exact) mass is 215 g/mol. The van der Waals surface area contributed by atoms with Gasteiger partial charge in [-0.25, -0.2) is 0 Å². The van der Waals surface area contributed by atoms with E-state index in [9.17, 15) is 5.11 Å². The highest BCUT2D eigenvalue weighted by Gasteiger charge is 2.16. The van der Waals surface area contributed by atoms with Crippen LogP contribution >= 0.6 is 11.6 Å². The zero-order valence-corrected chi connectivity index (χ0v) is 8.48. The number of hydrogen-bond acceptors (Lipinski definition) is 3. The van der Waals surface area contributed by atoms with Crippen LogP contribution in [0.25, 0.3) is 0 Å². The average molecular weight is 216 g/mol. The quantitative estimate of drug-likeness (QED) is 0.644. The Balaban J connectivity index is 2.57. The highest BCUT2D eigenvalue weighted by molar-refractivity contribution is 6.18. The van der Waals surface area contributed by atoms with Crippen LogP contribution in [0.1, 0.15) is 0 Å². The number of rotatable bonds is 5. The number of aliphatic hydroxyl groups excluding tert-OH is 2. The van der Waals surface area contributed by atoms with Gasteiger partial charge in [0.25, 0.3) is 0 Å². The van der Waals surface area contributed by atoms with Crippen LogP contribution in [-0.4, -0.2) is 34.8 Å². The molecule has 0 saturated carbocycles. The number of anilines is 1. The largest absolute Gasteiger partial charge is 0.394 e. The fourth-order valence-corrected chi connectivity index (χ4v) is 1.33. The zero-order chi connectivity index (χ0) is 10.4. The van der Waals surface area contributed by atoms with Crippen molar-refractivity contribution in [2.24, 2.45) is 0 Å². The summed E-state index contributed by atoms with van der Waals surface area (Å²) in [5.74, 6) is 0.102. The summed E-state index contributed by atoms with van der Waals surface area (Å²) in [6.45, 7) is -0.150. The summed E-state index contributed by atoms with van der Waals surface area (Å²) in [4.78, 5) is 0. The lowest BCUT2D eigenvalue weighted by Crippen LogP contribution is -2.37. The molecular formula is C10H14ClNO2. The van der Waals surface area contributed by atoms with Gasteiger partial charge in [-0.05, 0) is 12.1 Å². The minimum Gasteiger partial charge on any atom is -0.394 e. The van der Waals surface area contributed by atoms with Crippen molar-refractivity contribution in [2.45, 2.75) is 12.1 Å². The molecule has 2 unspecified atom stereocenters. The summed E-state index contributed by atoms with van der Waals surface area (Å²) in [5.41, 5.74) is 0.857. The Labute approximate surface area is 88.3 Å². The molecule has 78 valence electrons. The molecule has 3 nitrogen and oxygen atoms in total. The van der Waals surface area contributed by atoms with Crippen molar-refractivity contribution in [3.8, 4) is 0 Å². The van der Waals surface area contributed by atoms with Gasteiger partial charge in [0.1, 0.15) is 0 Å². The lowest BCUT2D eigenvalue weighted by atomic mass is 10.2. The maximum absolute atomic E-state index is 9.42. The van der Waals surface area contributed by atoms with E-state index in [2.05, 4.69) is 5.32 Å². The van der Waals surface area contributed by atoms with E-state index in [-0.39, 0.29) is 12.5 Å². The van der Waals surface area contributed by atoms with Crippen molar-refractivity contribution in [1.82, 2.24) is 0 Å². The minimum absolute atomic E-state index is 0.102. The molecule has 0 aliphatic heterocycles. The molecule has 0 spiro atoms. The average Bonchev–Trinajstić information content (AvgIpc) is 2.26. The smallest absolute Gasteiger partial charge is 0.0898 e. The van der Waals surface area contributed by atoms with E-state index < -0.39 is 12.1 Å². The summed E-state index contributed by atoms with van der Waals surface area (Å²) < 4.78 is 0. The molecule has 0 bridgehead atoms. The van der Waals surface area contributed by atoms with Crippen molar-refractivity contribution in [2.75, 3.05) is 17.8 Å². The fourth-order valence-electron chi connectivity index (χ4n) is 1.12. The highest BCUT2D eigenvalue weighted by Crippen LogP contribution is 2.09. The van der Waals surface area contributed by atoms with Crippen molar-refractivity contribution < 1.29 is 10.2 Å². The second-order valence-corrected chi connectivity index (χ2v) is 3.33. The van der Waals surface area contributed by atoms with Gasteiger partial charge in [0.2, 0.25) is 0 Å². The van der Waals surface area contributed by atoms with Crippen molar-refractivity contribution in [3.63, 3.8) is 0 Å². The molecule has 4 heteroatoms. The third kappa shape index (κ3) is 3.18. The van der Waals surface area contributed by atoms with Crippen LogP contribution in [0, 0.1) is 0 Å². The number of nitrogens with one attached hydrogen (secondary N) is 1. The Morgan fingerprint density at radius 3 is 2.43 bits per heavy atom. The van der Waals surface area contributed by atoms with Gasteiger partial charge in [0, 0.05) is 5.69 Å². The first-order chi connectivity index (χ1) is 6.77. The van der Waals surface area contributed by atoms with E-state index in [0.29, 0.717) is 0 Å². The third-order valence-corrected chi connectivity index (χ3v) is 2.26. The van der Waals surface area contributed by atoms with Gasteiger partial charge in [-0.2, -0.15) is 0 Å². The summed E-state index contributed by atoms with van der Waals surface area (Å²) in [7, 11) is 0. The molecule has 2 atom stereocenters. The summed E-state index contributed by atoms with van der Waals surface area (Å²) in [6, 6.07) is 8.97. The van der Waals surface area contributed by atoms with E-state index in [1.165, 1.54) is 0 Å². The van der Waals surface area contributed by atoms with Crippen molar-refractivity contribution >= 4 is 17.3 Å². The fraction of sp³-hybridized carbons (Fsp3) is 0.400. The summed E-state index contributed by atoms with van der Waals surface area (Å²) in [5, 5.41) is 21.4. The first kappa shape index (κ1) is 11.3. The lowest BCUT2D eigenvalue weighted by molar-refractivity contribution is 0.135. The van der Waals surface area contributed by atoms with Crippen molar-refractivity contribution in [3.05, 3.63) is 30.3 Å². The number of halogens is 1. The van der Waals surface area contributed by atoms with E-state index in [1.807, 2.05) is 30.3 Å². The molecule has 0 aliphatic carbocycles. The molecule has 0 saturated heterocycles. The van der Waals surface area contributed by atoms with Crippen LogP contribution in [0.5, 0.6) is 0 Å². The minimum atomic E-state index is -0.748. The van der Waals surface area contributed by atoms with Gasteiger partial charge in [-0.15, -0.1) is 11.6 Å². The standard InChI is InChI=1S/C10H14ClNO2/c11-6-10(14)9(7-13)12-8-4-2-1-3-5-8/h1-5,9-10,12-14H,6-7H2. The Morgan fingerprint density at radius 1 is 1.29 bits per heavy atom. The topological polar surface area (TPSA) is 52.5 Å². The molecule has 14 heavy (non-hydrogen) atoms. The van der Waals surface area contributed by atoms with Crippen LogP contribution in [0.4, 0.5) is 5.69 Å². The summed E-state index contributed by atoms with van der Waals surface area (Å²) in [6.07, 6.45) is -0.748. The maximum atomic E-state index is 9.42. The van der Waals surface area contributed by atoms with E-state index >= 15 is 0 Å². The molecule has 1 rings (SSSR count). The van der Waals surface area contributed by atoms with Gasteiger partial charge in [0.15, 0.2) is 0 Å². The van der Waals surface area contributed by atoms with Gasteiger partial charge < -0.3 is 15.5 Å². The molecule has 1 aromatic carbocycles. The van der Waals surface area contributed by atoms with Gasteiger partial charge in [0.05, 0.1) is 24.6 Å². The first-order valence-electron chi connectivity index (χ1n) is 4.44. The number of hydrogen-bond donors (Lipinski definition) is 3. The molecule has 0 radical (unpaired) electrons. The van der Waals surface area contributed by atoms with Crippen LogP contribution in [-0.2, 0) is 0 Å². The Bertz CT molecular complexity index is 256. The Hall–Kier alpha value is -0.770. The molecule has 0 fully saturated rings. The third-order valence-electron chi connectivity index (χ3n) is 1.95. The zero-order valence-electron chi connectivity index (χ0n) is 7.73. The van der Waals surface area contributed by atoms with Gasteiger partial charge >= 0.3 is 0 Å². The van der Waals surface area contributed by atoms with E-state index in [0.717, 1.165) is 5.69 Å². The predicted molar refractivity (Wildman–Crippen MR) is 57.7 cm³/mol. The van der Waals surface area contributed by atoms with Crippen molar-refractivity contribution in [1.29, 1.82) is 0 Å². The maximum Gasteiger partial charge on any atom is 0.0898 e. The van der Waals surface area contributed by atoms with Gasteiger partial charge in [-0.3, -0.25) is 0 Å². The second-order valence-electron chi connectivity index (χ2n) is 3.02. The Kier molecular flexibility index (Phi) is 4.73. The number of aliphatic hydroxyl groups is 2. The van der Waals surface area contributed by atoms with E-state index in [4.69, 9.17) is 16.7 Å². The molecule has 0 aliphatic rings. The Morgan fingerprint density at radius 2 is 1.93 bits per heavy atom.